The molecular formula is C19H19N3O4S2. The van der Waals surface area contributed by atoms with Gasteiger partial charge in [0.15, 0.2) is 5.16 Å². The van der Waals surface area contributed by atoms with Crippen molar-refractivity contribution in [2.24, 2.45) is 0 Å². The lowest BCUT2D eigenvalue weighted by atomic mass is 9.97. The Morgan fingerprint density at radius 3 is 2.89 bits per heavy atom. The maximum Gasteiger partial charge on any atom is 0.283 e. The molecule has 0 spiro atoms. The first-order valence-corrected chi connectivity index (χ1v) is 10.7. The molecule has 0 amide bonds. The Labute approximate surface area is 169 Å². The highest BCUT2D eigenvalue weighted by Crippen LogP contribution is 2.37. The predicted octanol–water partition coefficient (Wildman–Crippen LogP) is 4.04. The molecule has 0 N–H and O–H groups in total. The number of nitrogens with zero attached hydrogens (tertiary/aromatic N) is 3. The average molecular weight is 418 g/mol. The topological polar surface area (TPSA) is 87.3 Å². The van der Waals surface area contributed by atoms with Crippen LogP contribution >= 0.6 is 23.1 Å². The van der Waals surface area contributed by atoms with Gasteiger partial charge >= 0.3 is 0 Å². The summed E-state index contributed by atoms with van der Waals surface area (Å²) in [7, 11) is 1.58. The van der Waals surface area contributed by atoms with Crippen LogP contribution < -0.4 is 5.56 Å². The average Bonchev–Trinajstić information content (AvgIpc) is 3.06. The van der Waals surface area contributed by atoms with Gasteiger partial charge in [0.25, 0.3) is 11.2 Å². The molecule has 7 nitrogen and oxygen atoms in total. The molecule has 0 fully saturated rings. The number of hydrogen-bond donors (Lipinski definition) is 0. The quantitative estimate of drug-likeness (QED) is 0.342. The van der Waals surface area contributed by atoms with Gasteiger partial charge in [-0.15, -0.1) is 11.3 Å². The molecule has 1 aromatic carbocycles. The van der Waals surface area contributed by atoms with Gasteiger partial charge in [-0.1, -0.05) is 12.1 Å². The van der Waals surface area contributed by atoms with Crippen molar-refractivity contribution in [3.8, 4) is 0 Å². The summed E-state index contributed by atoms with van der Waals surface area (Å²) in [6, 6.07) is 6.51. The van der Waals surface area contributed by atoms with Crippen LogP contribution in [0.4, 0.5) is 5.69 Å². The fourth-order valence-corrected chi connectivity index (χ4v) is 5.79. The number of para-hydroxylation sites is 1. The molecule has 4 rings (SSSR count). The number of aryl methyl sites for hydroxylation is 2. The molecule has 0 bridgehead atoms. The number of fused-ring (bicyclic) bond motifs is 3. The molecule has 2 aromatic heterocycles. The van der Waals surface area contributed by atoms with E-state index in [4.69, 9.17) is 9.72 Å². The van der Waals surface area contributed by atoms with E-state index in [9.17, 15) is 14.9 Å². The number of benzene rings is 1. The number of nitro benzene ring substituents is 1. The molecular weight excluding hydrogens is 398 g/mol. The SMILES string of the molecule is COCCn1c(Sc2ccccc2[N+](=O)[O-])nc2sc3c(c2c1=O)CCCC3. The first-order chi connectivity index (χ1) is 13.6. The van der Waals surface area contributed by atoms with Crippen LogP contribution in [0.3, 0.4) is 0 Å². The molecule has 0 saturated heterocycles. The lowest BCUT2D eigenvalue weighted by Crippen LogP contribution is -2.25. The number of ether oxygens (including phenoxy) is 1. The van der Waals surface area contributed by atoms with Crippen LogP contribution in [0.1, 0.15) is 23.3 Å². The standard InChI is InChI=1S/C19H19N3O4S2/c1-26-11-10-21-18(23)16-12-6-2-4-8-14(12)27-17(16)20-19(21)28-15-9-5-3-7-13(15)22(24)25/h3,5,7,9H,2,4,6,8,10-11H2,1H3. The summed E-state index contributed by atoms with van der Waals surface area (Å²) in [5, 5.41) is 12.5. The molecule has 0 unspecified atom stereocenters. The maximum absolute atomic E-state index is 13.3. The van der Waals surface area contributed by atoms with Crippen molar-refractivity contribution >= 4 is 39.0 Å². The first kappa shape index (κ1) is 19.1. The van der Waals surface area contributed by atoms with Crippen molar-refractivity contribution in [2.45, 2.75) is 42.3 Å². The summed E-state index contributed by atoms with van der Waals surface area (Å²) < 4.78 is 6.76. The van der Waals surface area contributed by atoms with E-state index in [2.05, 4.69) is 0 Å². The van der Waals surface area contributed by atoms with Crippen LogP contribution in [0.25, 0.3) is 10.2 Å². The van der Waals surface area contributed by atoms with Gasteiger partial charge in [0, 0.05) is 18.1 Å². The minimum absolute atomic E-state index is 0.00520. The van der Waals surface area contributed by atoms with E-state index < -0.39 is 4.92 Å². The van der Waals surface area contributed by atoms with Crippen molar-refractivity contribution in [1.29, 1.82) is 0 Å². The number of thiophene rings is 1. The maximum atomic E-state index is 13.3. The third-order valence-electron chi connectivity index (χ3n) is 4.82. The van der Waals surface area contributed by atoms with Gasteiger partial charge in [-0.2, -0.15) is 0 Å². The third-order valence-corrected chi connectivity index (χ3v) is 7.07. The second-order valence-electron chi connectivity index (χ2n) is 6.56. The number of nitro groups is 1. The summed E-state index contributed by atoms with van der Waals surface area (Å²) >= 11 is 2.73. The monoisotopic (exact) mass is 417 g/mol. The van der Waals surface area contributed by atoms with E-state index in [-0.39, 0.29) is 11.2 Å². The molecule has 9 heteroatoms. The van der Waals surface area contributed by atoms with E-state index in [0.29, 0.717) is 28.6 Å². The summed E-state index contributed by atoms with van der Waals surface area (Å²) in [4.78, 5) is 31.5. The van der Waals surface area contributed by atoms with Gasteiger partial charge in [0.1, 0.15) is 4.83 Å². The number of aromatic nitrogens is 2. The highest BCUT2D eigenvalue weighted by Gasteiger charge is 2.23. The zero-order valence-electron chi connectivity index (χ0n) is 15.3. The molecule has 0 aliphatic heterocycles. The van der Waals surface area contributed by atoms with Crippen molar-refractivity contribution in [3.05, 3.63) is 55.2 Å². The second-order valence-corrected chi connectivity index (χ2v) is 8.65. The van der Waals surface area contributed by atoms with Crippen LogP contribution in [0.2, 0.25) is 0 Å². The Morgan fingerprint density at radius 1 is 1.32 bits per heavy atom. The van der Waals surface area contributed by atoms with E-state index in [0.717, 1.165) is 47.8 Å². The Hall–Kier alpha value is -2.23. The molecule has 0 atom stereocenters. The van der Waals surface area contributed by atoms with Crippen LogP contribution in [-0.2, 0) is 24.1 Å². The Balaban J connectivity index is 1.87. The Morgan fingerprint density at radius 2 is 2.11 bits per heavy atom. The minimum Gasteiger partial charge on any atom is -0.383 e. The van der Waals surface area contributed by atoms with Crippen molar-refractivity contribution in [3.63, 3.8) is 0 Å². The van der Waals surface area contributed by atoms with Crippen LogP contribution in [0.15, 0.2) is 39.1 Å². The third kappa shape index (κ3) is 3.45. The highest BCUT2D eigenvalue weighted by molar-refractivity contribution is 7.99. The van der Waals surface area contributed by atoms with Crippen molar-refractivity contribution < 1.29 is 9.66 Å². The molecule has 0 radical (unpaired) electrons. The van der Waals surface area contributed by atoms with Crippen molar-refractivity contribution in [1.82, 2.24) is 9.55 Å². The number of rotatable bonds is 6. The van der Waals surface area contributed by atoms with E-state index in [1.165, 1.54) is 10.9 Å². The summed E-state index contributed by atoms with van der Waals surface area (Å²) in [5.41, 5.74) is 1.06. The van der Waals surface area contributed by atoms with Gasteiger partial charge in [-0.3, -0.25) is 19.5 Å². The minimum atomic E-state index is -0.414. The molecule has 0 saturated carbocycles. The Bertz CT molecular complexity index is 1110. The Kier molecular flexibility index (Phi) is 5.47. The zero-order chi connectivity index (χ0) is 19.7. The van der Waals surface area contributed by atoms with Gasteiger partial charge in [0.2, 0.25) is 0 Å². The predicted molar refractivity (Wildman–Crippen MR) is 110 cm³/mol. The zero-order valence-corrected chi connectivity index (χ0v) is 17.0. The molecule has 1 aliphatic carbocycles. The fourth-order valence-electron chi connectivity index (χ4n) is 3.47. The second kappa shape index (κ2) is 8.02. The van der Waals surface area contributed by atoms with Gasteiger partial charge in [-0.05, 0) is 49.1 Å². The highest BCUT2D eigenvalue weighted by atomic mass is 32.2. The summed E-state index contributed by atoms with van der Waals surface area (Å²) in [5.74, 6) is 0. The van der Waals surface area contributed by atoms with E-state index in [1.807, 2.05) is 0 Å². The number of methoxy groups -OCH3 is 1. The van der Waals surface area contributed by atoms with Gasteiger partial charge in [-0.25, -0.2) is 4.98 Å². The number of hydrogen-bond acceptors (Lipinski definition) is 7. The lowest BCUT2D eigenvalue weighted by molar-refractivity contribution is -0.387. The largest absolute Gasteiger partial charge is 0.383 e. The molecule has 3 aromatic rings. The van der Waals surface area contributed by atoms with Crippen LogP contribution in [-0.4, -0.2) is 28.2 Å². The first-order valence-electron chi connectivity index (χ1n) is 9.05. The van der Waals surface area contributed by atoms with Crippen LogP contribution in [0.5, 0.6) is 0 Å². The molecule has 146 valence electrons. The summed E-state index contributed by atoms with van der Waals surface area (Å²) in [6.07, 6.45) is 4.12. The normalized spacial score (nSPS) is 13.6. The summed E-state index contributed by atoms with van der Waals surface area (Å²) in [6.45, 7) is 0.718. The van der Waals surface area contributed by atoms with E-state index >= 15 is 0 Å². The molecule has 2 heterocycles. The fraction of sp³-hybridized carbons (Fsp3) is 0.368. The van der Waals surface area contributed by atoms with Crippen molar-refractivity contribution in [2.75, 3.05) is 13.7 Å². The lowest BCUT2D eigenvalue weighted by Gasteiger charge is -2.13. The molecule has 28 heavy (non-hydrogen) atoms. The van der Waals surface area contributed by atoms with Gasteiger partial charge < -0.3 is 4.74 Å². The van der Waals surface area contributed by atoms with Gasteiger partial charge in [0.05, 0.1) is 28.4 Å². The smallest absolute Gasteiger partial charge is 0.283 e. The van der Waals surface area contributed by atoms with E-state index in [1.54, 1.807) is 41.2 Å². The molecule has 1 aliphatic rings. The van der Waals surface area contributed by atoms with Crippen LogP contribution in [0, 0.1) is 10.1 Å².